The molecule has 0 saturated heterocycles. The molecule has 21 heavy (non-hydrogen) atoms. The summed E-state index contributed by atoms with van der Waals surface area (Å²) in [5.41, 5.74) is 1.34. The van der Waals surface area contributed by atoms with E-state index in [1.807, 2.05) is 12.1 Å². The van der Waals surface area contributed by atoms with Crippen molar-refractivity contribution in [3.63, 3.8) is 0 Å². The van der Waals surface area contributed by atoms with Crippen LogP contribution < -0.4 is 5.32 Å². The molecule has 3 N–H and O–H groups in total. The summed E-state index contributed by atoms with van der Waals surface area (Å²) in [5, 5.41) is 19.1. The smallest absolute Gasteiger partial charge is 0.303 e. The zero-order valence-electron chi connectivity index (χ0n) is 11.8. The van der Waals surface area contributed by atoms with Crippen LogP contribution in [0.25, 0.3) is 10.9 Å². The molecule has 6 heteroatoms. The third-order valence-electron chi connectivity index (χ3n) is 3.32. The lowest BCUT2D eigenvalue weighted by atomic mass is 10.1. The van der Waals surface area contributed by atoms with Crippen LogP contribution >= 0.6 is 0 Å². The van der Waals surface area contributed by atoms with Crippen molar-refractivity contribution in [3.8, 4) is 0 Å². The second-order valence-electron chi connectivity index (χ2n) is 4.95. The van der Waals surface area contributed by atoms with Gasteiger partial charge in [-0.3, -0.25) is 14.7 Å². The molecule has 0 atom stereocenters. The summed E-state index contributed by atoms with van der Waals surface area (Å²) < 4.78 is 0. The van der Waals surface area contributed by atoms with Crippen molar-refractivity contribution in [2.75, 3.05) is 6.54 Å². The lowest BCUT2D eigenvalue weighted by Crippen LogP contribution is -2.24. The average Bonchev–Trinajstić information content (AvgIpc) is 2.93. The summed E-state index contributed by atoms with van der Waals surface area (Å²) in [6.45, 7) is 0.594. The van der Waals surface area contributed by atoms with E-state index in [1.165, 1.54) is 0 Å². The van der Waals surface area contributed by atoms with Gasteiger partial charge in [-0.1, -0.05) is 25.0 Å². The first-order valence-electron chi connectivity index (χ1n) is 7.10. The number of H-pyrrole nitrogens is 1. The lowest BCUT2D eigenvalue weighted by Gasteiger charge is -2.06. The average molecular weight is 289 g/mol. The first-order chi connectivity index (χ1) is 10.2. The summed E-state index contributed by atoms with van der Waals surface area (Å²) in [4.78, 5) is 22.5. The number of fused-ring (bicyclic) bond motifs is 1. The molecular formula is C15H19N3O3. The van der Waals surface area contributed by atoms with Gasteiger partial charge in [0.2, 0.25) is 0 Å². The Morgan fingerprint density at radius 2 is 2.00 bits per heavy atom. The first-order valence-corrected chi connectivity index (χ1v) is 7.10. The molecule has 0 fully saturated rings. The maximum absolute atomic E-state index is 12.1. The molecule has 0 aliphatic heterocycles. The SMILES string of the molecule is O=C(O)CCCCCCNC(=O)c1cccc2cn[nH]c12. The number of nitrogens with zero attached hydrogens (tertiary/aromatic N) is 1. The number of benzene rings is 1. The van der Waals surface area contributed by atoms with Gasteiger partial charge in [-0.05, 0) is 18.9 Å². The first kappa shape index (κ1) is 15.0. The molecule has 0 unspecified atom stereocenters. The predicted molar refractivity (Wildman–Crippen MR) is 79.1 cm³/mol. The molecule has 1 aromatic heterocycles. The maximum Gasteiger partial charge on any atom is 0.303 e. The molecule has 0 saturated carbocycles. The van der Waals surface area contributed by atoms with Gasteiger partial charge in [0.15, 0.2) is 0 Å². The maximum atomic E-state index is 12.1. The molecule has 0 radical (unpaired) electrons. The van der Waals surface area contributed by atoms with E-state index in [2.05, 4.69) is 15.5 Å². The Hall–Kier alpha value is -2.37. The zero-order valence-corrected chi connectivity index (χ0v) is 11.8. The van der Waals surface area contributed by atoms with Gasteiger partial charge in [0.05, 0.1) is 17.3 Å². The Morgan fingerprint density at radius 1 is 1.19 bits per heavy atom. The summed E-state index contributed by atoms with van der Waals surface area (Å²) in [6, 6.07) is 5.50. The number of unbranched alkanes of at least 4 members (excludes halogenated alkanes) is 3. The highest BCUT2D eigenvalue weighted by Gasteiger charge is 2.10. The van der Waals surface area contributed by atoms with Gasteiger partial charge in [0.1, 0.15) is 0 Å². The van der Waals surface area contributed by atoms with Gasteiger partial charge in [-0.25, -0.2) is 0 Å². The summed E-state index contributed by atoms with van der Waals surface area (Å²) in [5.74, 6) is -0.869. The van der Waals surface area contributed by atoms with Crippen LogP contribution in [0.15, 0.2) is 24.4 Å². The second-order valence-corrected chi connectivity index (χ2v) is 4.95. The van der Waals surface area contributed by atoms with Gasteiger partial charge >= 0.3 is 5.97 Å². The summed E-state index contributed by atoms with van der Waals surface area (Å²) in [7, 11) is 0. The number of carbonyl (C=O) groups excluding carboxylic acids is 1. The number of amides is 1. The van der Waals surface area contributed by atoms with Crippen LogP contribution in [0.3, 0.4) is 0 Å². The van der Waals surface area contributed by atoms with Crippen molar-refractivity contribution in [2.45, 2.75) is 32.1 Å². The number of nitrogens with one attached hydrogen (secondary N) is 2. The Labute approximate surface area is 122 Å². The van der Waals surface area contributed by atoms with Gasteiger partial charge in [0.25, 0.3) is 5.91 Å². The minimum atomic E-state index is -0.754. The number of carboxylic acids is 1. The molecule has 0 aliphatic carbocycles. The molecule has 0 aliphatic rings. The van der Waals surface area contributed by atoms with E-state index in [1.54, 1.807) is 12.3 Å². The Morgan fingerprint density at radius 3 is 2.81 bits per heavy atom. The summed E-state index contributed by atoms with van der Waals surface area (Å²) >= 11 is 0. The molecule has 0 bridgehead atoms. The van der Waals surface area contributed by atoms with Crippen LogP contribution in [-0.4, -0.2) is 33.7 Å². The minimum Gasteiger partial charge on any atom is -0.481 e. The van der Waals surface area contributed by atoms with Crippen LogP contribution in [0.1, 0.15) is 42.5 Å². The van der Waals surface area contributed by atoms with Gasteiger partial charge in [-0.2, -0.15) is 5.10 Å². The molecule has 1 amide bonds. The minimum absolute atomic E-state index is 0.115. The fourth-order valence-corrected chi connectivity index (χ4v) is 2.21. The van der Waals surface area contributed by atoms with Crippen LogP contribution in [0, 0.1) is 0 Å². The van der Waals surface area contributed by atoms with E-state index in [-0.39, 0.29) is 12.3 Å². The largest absolute Gasteiger partial charge is 0.481 e. The Kier molecular flexibility index (Phi) is 5.31. The lowest BCUT2D eigenvalue weighted by molar-refractivity contribution is -0.137. The number of aliphatic carboxylic acids is 1. The van der Waals surface area contributed by atoms with Crippen molar-refractivity contribution < 1.29 is 14.7 Å². The molecule has 1 heterocycles. The van der Waals surface area contributed by atoms with Crippen molar-refractivity contribution in [1.82, 2.24) is 15.5 Å². The normalized spacial score (nSPS) is 10.7. The zero-order chi connectivity index (χ0) is 15.1. The highest BCUT2D eigenvalue weighted by molar-refractivity contribution is 6.05. The Balaban J connectivity index is 1.73. The number of para-hydroxylation sites is 1. The van der Waals surface area contributed by atoms with E-state index >= 15 is 0 Å². The van der Waals surface area contributed by atoms with Crippen LogP contribution in [0.5, 0.6) is 0 Å². The van der Waals surface area contributed by atoms with Crippen LogP contribution in [0.2, 0.25) is 0 Å². The van der Waals surface area contributed by atoms with Gasteiger partial charge in [-0.15, -0.1) is 0 Å². The van der Waals surface area contributed by atoms with Crippen molar-refractivity contribution in [3.05, 3.63) is 30.0 Å². The standard InChI is InChI=1S/C15H19N3O3/c19-13(20)8-3-1-2-4-9-16-15(21)12-7-5-6-11-10-17-18-14(11)12/h5-7,10H,1-4,8-9H2,(H,16,21)(H,17,18)(H,19,20). The number of hydrogen-bond donors (Lipinski definition) is 3. The molecule has 2 aromatic rings. The number of aromatic amines is 1. The van der Waals surface area contributed by atoms with Crippen LogP contribution in [-0.2, 0) is 4.79 Å². The molecular weight excluding hydrogens is 270 g/mol. The quantitative estimate of drug-likeness (QED) is 0.650. The van der Waals surface area contributed by atoms with Crippen molar-refractivity contribution in [1.29, 1.82) is 0 Å². The van der Waals surface area contributed by atoms with Crippen molar-refractivity contribution >= 4 is 22.8 Å². The third kappa shape index (κ3) is 4.30. The molecule has 1 aromatic carbocycles. The number of rotatable bonds is 8. The number of hydrogen-bond acceptors (Lipinski definition) is 3. The van der Waals surface area contributed by atoms with E-state index in [0.717, 1.165) is 30.2 Å². The van der Waals surface area contributed by atoms with Gasteiger partial charge < -0.3 is 10.4 Å². The van der Waals surface area contributed by atoms with Gasteiger partial charge in [0, 0.05) is 18.4 Å². The second kappa shape index (κ2) is 7.42. The number of carbonyl (C=O) groups is 2. The van der Waals surface area contributed by atoms with E-state index in [9.17, 15) is 9.59 Å². The van der Waals surface area contributed by atoms with Crippen LogP contribution in [0.4, 0.5) is 0 Å². The van der Waals surface area contributed by atoms with E-state index in [0.29, 0.717) is 18.5 Å². The highest BCUT2D eigenvalue weighted by Crippen LogP contribution is 2.15. The van der Waals surface area contributed by atoms with E-state index < -0.39 is 5.97 Å². The topological polar surface area (TPSA) is 95.1 Å². The fourth-order valence-electron chi connectivity index (χ4n) is 2.21. The summed E-state index contributed by atoms with van der Waals surface area (Å²) in [6.07, 6.45) is 5.24. The predicted octanol–water partition coefficient (Wildman–Crippen LogP) is 2.33. The molecule has 2 rings (SSSR count). The third-order valence-corrected chi connectivity index (χ3v) is 3.32. The fraction of sp³-hybridized carbons (Fsp3) is 0.400. The number of aromatic nitrogens is 2. The highest BCUT2D eigenvalue weighted by atomic mass is 16.4. The molecule has 112 valence electrons. The van der Waals surface area contributed by atoms with Crippen molar-refractivity contribution in [2.24, 2.45) is 0 Å². The number of carboxylic acid groups (broad SMARTS) is 1. The Bertz CT molecular complexity index is 621. The monoisotopic (exact) mass is 289 g/mol. The molecule has 0 spiro atoms. The molecule has 6 nitrogen and oxygen atoms in total. The van der Waals surface area contributed by atoms with E-state index in [4.69, 9.17) is 5.11 Å².